The molecule has 0 radical (unpaired) electrons. The summed E-state index contributed by atoms with van der Waals surface area (Å²) in [5.74, 6) is -0.932. The number of phenols is 1. The van der Waals surface area contributed by atoms with Crippen molar-refractivity contribution in [2.75, 3.05) is 11.9 Å². The highest BCUT2D eigenvalue weighted by molar-refractivity contribution is 6.04. The summed E-state index contributed by atoms with van der Waals surface area (Å²) in [7, 11) is 0. The maximum absolute atomic E-state index is 11.8. The minimum absolute atomic E-state index is 0.136. The highest BCUT2D eigenvalue weighted by Gasteiger charge is 2.10. The standard InChI is InChI=1S/C16H15NO4/c1-10(2)16(20)21-9-15(19)17-13-7-3-6-12-11(13)5-4-8-14(12)18/h3-8,18H,1,9H2,2H3,(H,17,19). The van der Waals surface area contributed by atoms with E-state index < -0.39 is 11.9 Å². The van der Waals surface area contributed by atoms with Gasteiger partial charge in [-0.1, -0.05) is 30.8 Å². The number of amides is 1. The molecule has 0 saturated carbocycles. The van der Waals surface area contributed by atoms with Crippen LogP contribution in [-0.2, 0) is 14.3 Å². The van der Waals surface area contributed by atoms with Gasteiger partial charge in [0.2, 0.25) is 0 Å². The Morgan fingerprint density at radius 2 is 1.86 bits per heavy atom. The number of fused-ring (bicyclic) bond motifs is 1. The lowest BCUT2D eigenvalue weighted by atomic mass is 10.1. The molecule has 2 N–H and O–H groups in total. The molecule has 0 aliphatic heterocycles. The van der Waals surface area contributed by atoms with Crippen LogP contribution < -0.4 is 5.32 Å². The fourth-order valence-corrected chi connectivity index (χ4v) is 1.84. The Morgan fingerprint density at radius 3 is 2.57 bits per heavy atom. The Kier molecular flexibility index (Phi) is 4.23. The number of carbonyl (C=O) groups is 2. The average molecular weight is 285 g/mol. The molecule has 0 fully saturated rings. The van der Waals surface area contributed by atoms with Crippen LogP contribution in [0.1, 0.15) is 6.92 Å². The molecule has 5 heteroatoms. The zero-order chi connectivity index (χ0) is 15.4. The van der Waals surface area contributed by atoms with E-state index in [-0.39, 0.29) is 17.9 Å². The first-order valence-corrected chi connectivity index (χ1v) is 6.32. The predicted molar refractivity (Wildman–Crippen MR) is 80.0 cm³/mol. The molecular weight excluding hydrogens is 270 g/mol. The second-order valence-corrected chi connectivity index (χ2v) is 4.58. The molecule has 2 rings (SSSR count). The second kappa shape index (κ2) is 6.09. The van der Waals surface area contributed by atoms with Gasteiger partial charge in [-0.25, -0.2) is 4.79 Å². The molecule has 1 amide bonds. The van der Waals surface area contributed by atoms with Crippen LogP contribution in [0.15, 0.2) is 48.6 Å². The van der Waals surface area contributed by atoms with Crippen molar-refractivity contribution in [1.82, 2.24) is 0 Å². The first-order valence-electron chi connectivity index (χ1n) is 6.32. The molecule has 0 aliphatic rings. The third-order valence-corrected chi connectivity index (χ3v) is 2.86. The van der Waals surface area contributed by atoms with Crippen molar-refractivity contribution in [2.45, 2.75) is 6.92 Å². The van der Waals surface area contributed by atoms with Gasteiger partial charge in [0.15, 0.2) is 6.61 Å². The summed E-state index contributed by atoms with van der Waals surface area (Å²) in [5.41, 5.74) is 0.776. The summed E-state index contributed by atoms with van der Waals surface area (Å²) in [6.07, 6.45) is 0. The predicted octanol–water partition coefficient (Wildman–Crippen LogP) is 2.60. The molecule has 21 heavy (non-hydrogen) atoms. The minimum Gasteiger partial charge on any atom is -0.507 e. The molecule has 2 aromatic rings. The molecule has 2 aromatic carbocycles. The SMILES string of the molecule is C=C(C)C(=O)OCC(=O)Nc1cccc2c(O)cccc12. The van der Waals surface area contributed by atoms with Gasteiger partial charge in [-0.15, -0.1) is 0 Å². The molecular formula is C16H15NO4. The number of rotatable bonds is 4. The first kappa shape index (κ1) is 14.6. The van der Waals surface area contributed by atoms with Crippen LogP contribution in [0.3, 0.4) is 0 Å². The molecule has 0 heterocycles. The maximum atomic E-state index is 11.8. The van der Waals surface area contributed by atoms with Crippen LogP contribution in [0.5, 0.6) is 5.75 Å². The number of aromatic hydroxyl groups is 1. The van der Waals surface area contributed by atoms with E-state index in [1.54, 1.807) is 36.4 Å². The number of ether oxygens (including phenoxy) is 1. The van der Waals surface area contributed by atoms with Crippen molar-refractivity contribution in [3.05, 3.63) is 48.6 Å². The normalized spacial score (nSPS) is 10.1. The topological polar surface area (TPSA) is 75.6 Å². The zero-order valence-electron chi connectivity index (χ0n) is 11.6. The van der Waals surface area contributed by atoms with Crippen molar-refractivity contribution >= 4 is 28.3 Å². The molecule has 0 aliphatic carbocycles. The molecule has 0 bridgehead atoms. The minimum atomic E-state index is -0.610. The van der Waals surface area contributed by atoms with E-state index in [1.165, 1.54) is 6.92 Å². The Hall–Kier alpha value is -2.82. The number of esters is 1. The summed E-state index contributed by atoms with van der Waals surface area (Å²) in [6.45, 7) is 4.55. The van der Waals surface area contributed by atoms with E-state index in [4.69, 9.17) is 4.74 Å². The molecule has 0 saturated heterocycles. The van der Waals surface area contributed by atoms with Crippen LogP contribution >= 0.6 is 0 Å². The van der Waals surface area contributed by atoms with E-state index >= 15 is 0 Å². The highest BCUT2D eigenvalue weighted by atomic mass is 16.5. The number of hydrogen-bond donors (Lipinski definition) is 2. The lowest BCUT2D eigenvalue weighted by Gasteiger charge is -2.10. The van der Waals surface area contributed by atoms with Crippen molar-refractivity contribution in [3.8, 4) is 5.75 Å². The number of nitrogens with one attached hydrogen (secondary N) is 1. The third kappa shape index (κ3) is 3.39. The Labute approximate surface area is 121 Å². The van der Waals surface area contributed by atoms with Crippen LogP contribution in [0.25, 0.3) is 10.8 Å². The van der Waals surface area contributed by atoms with Crippen LogP contribution in [0.4, 0.5) is 5.69 Å². The summed E-state index contributed by atoms with van der Waals surface area (Å²) in [5, 5.41) is 13.8. The smallest absolute Gasteiger partial charge is 0.333 e. The number of carbonyl (C=O) groups excluding carboxylic acids is 2. The van der Waals surface area contributed by atoms with E-state index in [2.05, 4.69) is 11.9 Å². The molecule has 0 atom stereocenters. The first-order chi connectivity index (χ1) is 9.99. The lowest BCUT2D eigenvalue weighted by Crippen LogP contribution is -2.21. The van der Waals surface area contributed by atoms with Gasteiger partial charge >= 0.3 is 5.97 Å². The van der Waals surface area contributed by atoms with Crippen molar-refractivity contribution in [3.63, 3.8) is 0 Å². The van der Waals surface area contributed by atoms with E-state index in [1.807, 2.05) is 0 Å². The van der Waals surface area contributed by atoms with Crippen LogP contribution in [-0.4, -0.2) is 23.6 Å². The Morgan fingerprint density at radius 1 is 1.19 bits per heavy atom. The number of anilines is 1. The largest absolute Gasteiger partial charge is 0.507 e. The fourth-order valence-electron chi connectivity index (χ4n) is 1.84. The van der Waals surface area contributed by atoms with E-state index in [0.717, 1.165) is 0 Å². The van der Waals surface area contributed by atoms with E-state index in [9.17, 15) is 14.7 Å². The Bertz CT molecular complexity index is 721. The summed E-state index contributed by atoms with van der Waals surface area (Å²) < 4.78 is 4.77. The molecule has 0 aromatic heterocycles. The Balaban J connectivity index is 2.13. The number of phenolic OH excluding ortho intramolecular Hbond substituents is 1. The fraction of sp³-hybridized carbons (Fsp3) is 0.125. The molecule has 0 spiro atoms. The monoisotopic (exact) mass is 285 g/mol. The maximum Gasteiger partial charge on any atom is 0.333 e. The summed E-state index contributed by atoms with van der Waals surface area (Å²) >= 11 is 0. The van der Waals surface area contributed by atoms with Crippen LogP contribution in [0, 0.1) is 0 Å². The molecule has 0 unspecified atom stereocenters. The van der Waals surface area contributed by atoms with Gasteiger partial charge in [-0.2, -0.15) is 0 Å². The van der Waals surface area contributed by atoms with Gasteiger partial charge in [0.1, 0.15) is 5.75 Å². The third-order valence-electron chi connectivity index (χ3n) is 2.86. The van der Waals surface area contributed by atoms with Crippen molar-refractivity contribution in [1.29, 1.82) is 0 Å². The molecule has 108 valence electrons. The van der Waals surface area contributed by atoms with Gasteiger partial charge in [-0.05, 0) is 19.1 Å². The van der Waals surface area contributed by atoms with Crippen molar-refractivity contribution < 1.29 is 19.4 Å². The highest BCUT2D eigenvalue weighted by Crippen LogP contribution is 2.29. The quantitative estimate of drug-likeness (QED) is 0.669. The van der Waals surface area contributed by atoms with Crippen molar-refractivity contribution in [2.24, 2.45) is 0 Å². The molecule has 5 nitrogen and oxygen atoms in total. The van der Waals surface area contributed by atoms with Gasteiger partial charge < -0.3 is 15.2 Å². The average Bonchev–Trinajstić information content (AvgIpc) is 2.45. The van der Waals surface area contributed by atoms with Crippen LogP contribution in [0.2, 0.25) is 0 Å². The number of hydrogen-bond acceptors (Lipinski definition) is 4. The number of benzene rings is 2. The lowest BCUT2D eigenvalue weighted by molar-refractivity contribution is -0.143. The summed E-state index contributed by atoms with van der Waals surface area (Å²) in [4.78, 5) is 23.0. The van der Waals surface area contributed by atoms with Gasteiger partial charge in [0, 0.05) is 22.0 Å². The van der Waals surface area contributed by atoms with Gasteiger partial charge in [0.25, 0.3) is 5.91 Å². The summed E-state index contributed by atoms with van der Waals surface area (Å²) in [6, 6.07) is 10.2. The second-order valence-electron chi connectivity index (χ2n) is 4.58. The van der Waals surface area contributed by atoms with Gasteiger partial charge in [0.05, 0.1) is 0 Å². The van der Waals surface area contributed by atoms with E-state index in [0.29, 0.717) is 16.5 Å². The van der Waals surface area contributed by atoms with Gasteiger partial charge in [-0.3, -0.25) is 4.79 Å². The zero-order valence-corrected chi connectivity index (χ0v) is 11.6.